The molecule has 1 aromatic carbocycles. The van der Waals surface area contributed by atoms with Crippen molar-refractivity contribution < 1.29 is 13.7 Å². The zero-order chi connectivity index (χ0) is 17.5. The Bertz CT molecular complexity index is 718. The van der Waals surface area contributed by atoms with Gasteiger partial charge in [-0.05, 0) is 24.1 Å². The highest BCUT2D eigenvalue weighted by Crippen LogP contribution is 2.24. The van der Waals surface area contributed by atoms with Crippen LogP contribution in [0.1, 0.15) is 37.6 Å². The maximum absolute atomic E-state index is 13.0. The Hall–Kier alpha value is -2.36. The molecule has 128 valence electrons. The predicted octanol–water partition coefficient (Wildman–Crippen LogP) is 3.90. The lowest BCUT2D eigenvalue weighted by Gasteiger charge is -2.03. The van der Waals surface area contributed by atoms with Crippen molar-refractivity contribution in [1.82, 2.24) is 14.9 Å². The zero-order valence-corrected chi connectivity index (χ0v) is 13.6. The number of halogens is 2. The number of non-ortho nitro benzene ring substituents is 1. The second-order valence-corrected chi connectivity index (χ2v) is 5.81. The van der Waals surface area contributed by atoms with Crippen molar-refractivity contribution in [3.63, 3.8) is 0 Å². The molecule has 0 fully saturated rings. The second kappa shape index (κ2) is 8.48. The van der Waals surface area contributed by atoms with Crippen LogP contribution in [-0.4, -0.2) is 31.8 Å². The van der Waals surface area contributed by atoms with Crippen molar-refractivity contribution in [1.29, 1.82) is 0 Å². The molecular formula is C14H15F2N5O2S. The van der Waals surface area contributed by atoms with Crippen molar-refractivity contribution in [2.45, 2.75) is 31.3 Å². The first-order valence-electron chi connectivity index (χ1n) is 7.18. The van der Waals surface area contributed by atoms with Gasteiger partial charge in [0.05, 0.1) is 11.1 Å². The molecule has 0 saturated heterocycles. The zero-order valence-electron chi connectivity index (χ0n) is 12.8. The average Bonchev–Trinajstić information content (AvgIpc) is 2.96. The van der Waals surface area contributed by atoms with E-state index in [1.165, 1.54) is 42.2 Å². The highest BCUT2D eigenvalue weighted by atomic mass is 32.2. The van der Waals surface area contributed by atoms with E-state index in [-0.39, 0.29) is 10.8 Å². The minimum atomic E-state index is -2.80. The van der Waals surface area contributed by atoms with Crippen LogP contribution in [0, 0.1) is 10.1 Å². The fourth-order valence-corrected chi connectivity index (χ4v) is 2.70. The number of unbranched alkanes of at least 4 members (excludes halogenated alkanes) is 1. The standard InChI is InChI=1S/C14H15F2N5O2S/c1-2-3-8-24-14-19-18-13(12(15)16)20(14)17-9-10-4-6-11(7-5-10)21(22)23/h4-7,9,12H,2-3,8H2,1H3/b17-9+. The summed E-state index contributed by atoms with van der Waals surface area (Å²) in [5, 5.41) is 22.1. The second-order valence-electron chi connectivity index (χ2n) is 4.75. The molecule has 0 aliphatic rings. The molecule has 0 bridgehead atoms. The van der Waals surface area contributed by atoms with Gasteiger partial charge in [0.1, 0.15) is 0 Å². The maximum atomic E-state index is 13.0. The summed E-state index contributed by atoms with van der Waals surface area (Å²) in [6.45, 7) is 2.03. The summed E-state index contributed by atoms with van der Waals surface area (Å²) in [6, 6.07) is 5.60. The first-order chi connectivity index (χ1) is 11.5. The molecule has 0 aliphatic heterocycles. The van der Waals surface area contributed by atoms with Crippen molar-refractivity contribution in [3.05, 3.63) is 45.8 Å². The molecule has 0 aliphatic carbocycles. The van der Waals surface area contributed by atoms with Crippen molar-refractivity contribution in [2.24, 2.45) is 5.10 Å². The molecule has 1 heterocycles. The van der Waals surface area contributed by atoms with Crippen LogP contribution in [0.2, 0.25) is 0 Å². The number of thioether (sulfide) groups is 1. The van der Waals surface area contributed by atoms with E-state index in [9.17, 15) is 18.9 Å². The molecule has 7 nitrogen and oxygen atoms in total. The van der Waals surface area contributed by atoms with E-state index in [0.717, 1.165) is 23.3 Å². The van der Waals surface area contributed by atoms with Crippen LogP contribution in [0.4, 0.5) is 14.5 Å². The Morgan fingerprint density at radius 3 is 2.67 bits per heavy atom. The van der Waals surface area contributed by atoms with E-state index in [4.69, 9.17) is 0 Å². The van der Waals surface area contributed by atoms with Gasteiger partial charge >= 0.3 is 0 Å². The van der Waals surface area contributed by atoms with Crippen LogP contribution in [0.15, 0.2) is 34.5 Å². The highest BCUT2D eigenvalue weighted by Gasteiger charge is 2.20. The van der Waals surface area contributed by atoms with Crippen LogP contribution in [0.5, 0.6) is 0 Å². The topological polar surface area (TPSA) is 86.2 Å². The smallest absolute Gasteiger partial charge is 0.258 e. The quantitative estimate of drug-likeness (QED) is 0.236. The molecule has 0 unspecified atom stereocenters. The summed E-state index contributed by atoms with van der Waals surface area (Å²) >= 11 is 1.30. The summed E-state index contributed by atoms with van der Waals surface area (Å²) in [7, 11) is 0. The number of nitro benzene ring substituents is 1. The van der Waals surface area contributed by atoms with E-state index in [2.05, 4.69) is 15.3 Å². The number of alkyl halides is 2. The van der Waals surface area contributed by atoms with Crippen molar-refractivity contribution in [2.75, 3.05) is 5.75 Å². The van der Waals surface area contributed by atoms with Crippen LogP contribution in [0.25, 0.3) is 0 Å². The number of benzene rings is 1. The Labute approximate surface area is 140 Å². The van der Waals surface area contributed by atoms with E-state index in [1.54, 1.807) is 0 Å². The van der Waals surface area contributed by atoms with Crippen LogP contribution in [-0.2, 0) is 0 Å². The van der Waals surface area contributed by atoms with Gasteiger partial charge < -0.3 is 0 Å². The Morgan fingerprint density at radius 2 is 2.08 bits per heavy atom. The molecule has 0 spiro atoms. The molecule has 0 N–H and O–H groups in total. The van der Waals surface area contributed by atoms with Gasteiger partial charge in [-0.3, -0.25) is 10.1 Å². The number of hydrogen-bond donors (Lipinski definition) is 0. The average molecular weight is 355 g/mol. The van der Waals surface area contributed by atoms with Gasteiger partial charge in [-0.25, -0.2) is 8.78 Å². The molecule has 10 heteroatoms. The van der Waals surface area contributed by atoms with Gasteiger partial charge in [0.15, 0.2) is 0 Å². The third-order valence-corrected chi connectivity index (χ3v) is 3.99. The lowest BCUT2D eigenvalue weighted by molar-refractivity contribution is -0.384. The normalized spacial score (nSPS) is 11.5. The predicted molar refractivity (Wildman–Crippen MR) is 86.7 cm³/mol. The van der Waals surface area contributed by atoms with Gasteiger partial charge in [-0.15, -0.1) is 10.2 Å². The van der Waals surface area contributed by atoms with E-state index in [1.807, 2.05) is 6.92 Å². The fraction of sp³-hybridized carbons (Fsp3) is 0.357. The summed E-state index contributed by atoms with van der Waals surface area (Å²) in [6.07, 6.45) is 0.442. The maximum Gasteiger partial charge on any atom is 0.299 e. The molecule has 0 atom stereocenters. The van der Waals surface area contributed by atoms with Crippen LogP contribution in [0.3, 0.4) is 0 Å². The highest BCUT2D eigenvalue weighted by molar-refractivity contribution is 7.99. The lowest BCUT2D eigenvalue weighted by Crippen LogP contribution is -2.01. The number of rotatable bonds is 8. The minimum Gasteiger partial charge on any atom is -0.258 e. The van der Waals surface area contributed by atoms with E-state index < -0.39 is 17.2 Å². The largest absolute Gasteiger partial charge is 0.299 e. The SMILES string of the molecule is CCCCSc1nnc(C(F)F)n1/N=C/c1ccc([N+](=O)[O-])cc1. The number of nitro groups is 1. The molecule has 1 aromatic heterocycles. The van der Waals surface area contributed by atoms with Crippen LogP contribution >= 0.6 is 11.8 Å². The molecule has 2 rings (SSSR count). The van der Waals surface area contributed by atoms with Crippen molar-refractivity contribution in [3.8, 4) is 0 Å². The summed E-state index contributed by atoms with van der Waals surface area (Å²) in [5.41, 5.74) is 0.486. The number of aromatic nitrogens is 3. The number of hydrogen-bond acceptors (Lipinski definition) is 6. The van der Waals surface area contributed by atoms with E-state index in [0.29, 0.717) is 5.56 Å². The lowest BCUT2D eigenvalue weighted by atomic mass is 10.2. The Morgan fingerprint density at radius 1 is 1.38 bits per heavy atom. The van der Waals surface area contributed by atoms with Gasteiger partial charge in [0.2, 0.25) is 11.0 Å². The van der Waals surface area contributed by atoms with Crippen LogP contribution < -0.4 is 0 Å². The molecule has 24 heavy (non-hydrogen) atoms. The Kier molecular flexibility index (Phi) is 6.36. The van der Waals surface area contributed by atoms with E-state index >= 15 is 0 Å². The van der Waals surface area contributed by atoms with Gasteiger partial charge in [-0.1, -0.05) is 25.1 Å². The Balaban J connectivity index is 2.22. The first kappa shape index (κ1) is 18.0. The monoisotopic (exact) mass is 355 g/mol. The molecule has 2 aromatic rings. The van der Waals surface area contributed by atoms with Gasteiger partial charge in [-0.2, -0.15) is 9.78 Å². The number of nitrogens with zero attached hydrogens (tertiary/aromatic N) is 5. The third-order valence-electron chi connectivity index (χ3n) is 2.99. The third kappa shape index (κ3) is 4.57. The molecular weight excluding hydrogens is 340 g/mol. The first-order valence-corrected chi connectivity index (χ1v) is 8.16. The minimum absolute atomic E-state index is 0.0551. The van der Waals surface area contributed by atoms with Gasteiger partial charge in [0.25, 0.3) is 12.1 Å². The molecule has 0 saturated carbocycles. The fourth-order valence-electron chi connectivity index (χ4n) is 1.73. The summed E-state index contributed by atoms with van der Waals surface area (Å²) in [5.74, 6) is 0.192. The van der Waals surface area contributed by atoms with Crippen molar-refractivity contribution >= 4 is 23.7 Å². The molecule has 0 radical (unpaired) electrons. The summed E-state index contributed by atoms with van der Waals surface area (Å²) < 4.78 is 27.0. The van der Waals surface area contributed by atoms with Gasteiger partial charge in [0, 0.05) is 17.9 Å². The molecule has 0 amide bonds. The summed E-state index contributed by atoms with van der Waals surface area (Å²) in [4.78, 5) is 10.1.